The molecule has 1 unspecified atom stereocenters. The molecule has 166 valence electrons. The van der Waals surface area contributed by atoms with Crippen LogP contribution >= 0.6 is 23.6 Å². The average molecular weight is 458 g/mol. The van der Waals surface area contributed by atoms with Crippen LogP contribution in [0.5, 0.6) is 0 Å². The predicted octanol–water partition coefficient (Wildman–Crippen LogP) is 4.61. The molecule has 1 saturated heterocycles. The van der Waals surface area contributed by atoms with Gasteiger partial charge < -0.3 is 15.4 Å². The monoisotopic (exact) mass is 457 g/mol. The summed E-state index contributed by atoms with van der Waals surface area (Å²) in [6.07, 6.45) is 5.16. The summed E-state index contributed by atoms with van der Waals surface area (Å²) < 4.78 is 5.08. The van der Waals surface area contributed by atoms with Crippen molar-refractivity contribution in [1.29, 1.82) is 0 Å². The number of nitrogens with zero attached hydrogens (tertiary/aromatic N) is 1. The predicted molar refractivity (Wildman–Crippen MR) is 131 cm³/mol. The van der Waals surface area contributed by atoms with Gasteiger partial charge >= 0.3 is 5.97 Å². The van der Waals surface area contributed by atoms with Crippen molar-refractivity contribution in [3.05, 3.63) is 51.9 Å². The Hall–Kier alpha value is -1.96. The molecule has 1 aromatic heterocycles. The first-order valence-electron chi connectivity index (χ1n) is 11.1. The zero-order chi connectivity index (χ0) is 21.8. The molecule has 0 radical (unpaired) electrons. The Kier molecular flexibility index (Phi) is 7.25. The van der Waals surface area contributed by atoms with E-state index in [0.717, 1.165) is 62.3 Å². The number of carbonyl (C=O) groups is 1. The Balaban J connectivity index is 1.34. The Morgan fingerprint density at radius 1 is 1.23 bits per heavy atom. The average Bonchev–Trinajstić information content (AvgIpc) is 3.11. The number of rotatable bonds is 5. The van der Waals surface area contributed by atoms with E-state index in [1.54, 1.807) is 11.3 Å². The standard InChI is InChI=1S/C24H31N3O2S2/c1-16-8-9-19-20(14-16)31-22(21(19)23(28)29-2)26-24(30)25-18-10-12-27(13-11-18)15-17-6-4-3-5-7-17/h3-7,16,18H,8-15H2,1-2H3,(H2,25,26,30). The number of likely N-dealkylation sites (tertiary alicyclic amines) is 1. The second kappa shape index (κ2) is 10.1. The van der Waals surface area contributed by atoms with Crippen molar-refractivity contribution in [3.63, 3.8) is 0 Å². The highest BCUT2D eigenvalue weighted by Crippen LogP contribution is 2.40. The summed E-state index contributed by atoms with van der Waals surface area (Å²) in [5, 5.41) is 8.21. The van der Waals surface area contributed by atoms with Gasteiger partial charge in [0.1, 0.15) is 5.00 Å². The molecule has 2 aliphatic rings. The van der Waals surface area contributed by atoms with Crippen LogP contribution in [0.1, 0.15) is 52.5 Å². The number of piperidine rings is 1. The third kappa shape index (κ3) is 5.45. The minimum atomic E-state index is -0.272. The minimum absolute atomic E-state index is 0.272. The number of thiophene rings is 1. The molecule has 1 aliphatic heterocycles. The first-order chi connectivity index (χ1) is 15.0. The van der Waals surface area contributed by atoms with Crippen molar-refractivity contribution in [3.8, 4) is 0 Å². The van der Waals surface area contributed by atoms with Gasteiger partial charge in [-0.2, -0.15) is 0 Å². The van der Waals surface area contributed by atoms with E-state index in [2.05, 4.69) is 52.8 Å². The topological polar surface area (TPSA) is 53.6 Å². The van der Waals surface area contributed by atoms with Gasteiger partial charge in [0.2, 0.25) is 0 Å². The number of fused-ring (bicyclic) bond motifs is 1. The third-order valence-corrected chi connectivity index (χ3v) is 7.69. The Bertz CT molecular complexity index is 920. The lowest BCUT2D eigenvalue weighted by Crippen LogP contribution is -2.45. The molecule has 4 rings (SSSR count). The van der Waals surface area contributed by atoms with Crippen molar-refractivity contribution in [2.24, 2.45) is 5.92 Å². The van der Waals surface area contributed by atoms with Crippen molar-refractivity contribution >= 4 is 39.6 Å². The van der Waals surface area contributed by atoms with Gasteiger partial charge in [0.05, 0.1) is 12.7 Å². The third-order valence-electron chi connectivity index (χ3n) is 6.30. The van der Waals surface area contributed by atoms with Crippen LogP contribution in [0.15, 0.2) is 30.3 Å². The lowest BCUT2D eigenvalue weighted by molar-refractivity contribution is 0.0601. The first kappa shape index (κ1) is 22.2. The molecule has 5 nitrogen and oxygen atoms in total. The number of nitrogens with one attached hydrogen (secondary N) is 2. The van der Waals surface area contributed by atoms with Crippen molar-refractivity contribution in [1.82, 2.24) is 10.2 Å². The molecule has 2 aromatic rings. The second-order valence-corrected chi connectivity index (χ2v) is 10.2. The Labute approximate surface area is 194 Å². The van der Waals surface area contributed by atoms with Crippen LogP contribution in [0, 0.1) is 5.92 Å². The van der Waals surface area contributed by atoms with E-state index in [-0.39, 0.29) is 5.97 Å². The summed E-state index contributed by atoms with van der Waals surface area (Å²) in [4.78, 5) is 16.3. The Morgan fingerprint density at radius 3 is 2.68 bits per heavy atom. The van der Waals surface area contributed by atoms with Crippen molar-refractivity contribution in [2.75, 3.05) is 25.5 Å². The van der Waals surface area contributed by atoms with Gasteiger partial charge in [-0.15, -0.1) is 11.3 Å². The van der Waals surface area contributed by atoms with E-state index < -0.39 is 0 Å². The molecule has 2 heterocycles. The number of hydrogen-bond donors (Lipinski definition) is 2. The Morgan fingerprint density at radius 2 is 1.97 bits per heavy atom. The first-order valence-corrected chi connectivity index (χ1v) is 12.3. The molecule has 0 amide bonds. The molecule has 7 heteroatoms. The number of ether oxygens (including phenoxy) is 1. The fourth-order valence-electron chi connectivity index (χ4n) is 4.56. The van der Waals surface area contributed by atoms with E-state index in [1.807, 2.05) is 0 Å². The van der Waals surface area contributed by atoms with Crippen LogP contribution in [0.25, 0.3) is 0 Å². The number of anilines is 1. The highest BCUT2D eigenvalue weighted by molar-refractivity contribution is 7.80. The van der Waals surface area contributed by atoms with Crippen LogP contribution in [0.3, 0.4) is 0 Å². The zero-order valence-corrected chi connectivity index (χ0v) is 19.9. The van der Waals surface area contributed by atoms with Crippen LogP contribution < -0.4 is 10.6 Å². The molecule has 1 aliphatic carbocycles. The summed E-state index contributed by atoms with van der Waals surface area (Å²) >= 11 is 7.27. The fraction of sp³-hybridized carbons (Fsp3) is 0.500. The molecular weight excluding hydrogens is 426 g/mol. The molecule has 0 spiro atoms. The maximum Gasteiger partial charge on any atom is 0.341 e. The number of benzene rings is 1. The van der Waals surface area contributed by atoms with Gasteiger partial charge in [0, 0.05) is 30.6 Å². The van der Waals surface area contributed by atoms with E-state index in [1.165, 1.54) is 17.6 Å². The quantitative estimate of drug-likeness (QED) is 0.505. The van der Waals surface area contributed by atoms with Gasteiger partial charge in [-0.3, -0.25) is 4.90 Å². The summed E-state index contributed by atoms with van der Waals surface area (Å²) in [6.45, 7) is 5.36. The molecule has 2 N–H and O–H groups in total. The lowest BCUT2D eigenvalue weighted by Gasteiger charge is -2.33. The number of hydrogen-bond acceptors (Lipinski definition) is 5. The van der Waals surface area contributed by atoms with Gasteiger partial charge in [-0.25, -0.2) is 4.79 Å². The van der Waals surface area contributed by atoms with Gasteiger partial charge in [0.15, 0.2) is 5.11 Å². The normalized spacial score (nSPS) is 19.5. The minimum Gasteiger partial charge on any atom is -0.465 e. The summed E-state index contributed by atoms with van der Waals surface area (Å²) in [5.41, 5.74) is 3.18. The largest absolute Gasteiger partial charge is 0.465 e. The number of carbonyl (C=O) groups excluding carboxylic acids is 1. The zero-order valence-electron chi connectivity index (χ0n) is 18.3. The van der Waals surface area contributed by atoms with Gasteiger partial charge in [-0.1, -0.05) is 37.3 Å². The molecule has 31 heavy (non-hydrogen) atoms. The lowest BCUT2D eigenvalue weighted by atomic mass is 9.88. The molecule has 1 atom stereocenters. The van der Waals surface area contributed by atoms with E-state index in [4.69, 9.17) is 17.0 Å². The molecule has 0 saturated carbocycles. The SMILES string of the molecule is COC(=O)c1c(NC(=S)NC2CCN(Cc3ccccc3)CC2)sc2c1CCC(C)C2. The summed E-state index contributed by atoms with van der Waals surface area (Å²) in [7, 11) is 1.45. The maximum atomic E-state index is 12.5. The van der Waals surface area contributed by atoms with Crippen LogP contribution in [0.4, 0.5) is 5.00 Å². The van der Waals surface area contributed by atoms with E-state index in [9.17, 15) is 4.79 Å². The smallest absolute Gasteiger partial charge is 0.341 e. The fourth-order valence-corrected chi connectivity index (χ4v) is 6.30. The summed E-state index contributed by atoms with van der Waals surface area (Å²) in [6, 6.07) is 11.0. The van der Waals surface area contributed by atoms with E-state index in [0.29, 0.717) is 22.6 Å². The van der Waals surface area contributed by atoms with Crippen LogP contribution in [-0.2, 0) is 24.1 Å². The molecular formula is C24H31N3O2S2. The van der Waals surface area contributed by atoms with Gasteiger partial charge in [0.25, 0.3) is 0 Å². The molecule has 0 bridgehead atoms. The number of methoxy groups -OCH3 is 1. The highest BCUT2D eigenvalue weighted by atomic mass is 32.1. The van der Waals surface area contributed by atoms with Crippen molar-refractivity contribution < 1.29 is 9.53 Å². The van der Waals surface area contributed by atoms with E-state index >= 15 is 0 Å². The van der Waals surface area contributed by atoms with Crippen molar-refractivity contribution in [2.45, 2.75) is 51.6 Å². The molecule has 1 fully saturated rings. The number of esters is 1. The highest BCUT2D eigenvalue weighted by Gasteiger charge is 2.29. The summed E-state index contributed by atoms with van der Waals surface area (Å²) in [5.74, 6) is 0.377. The van der Waals surface area contributed by atoms with Gasteiger partial charge in [-0.05, 0) is 61.4 Å². The second-order valence-electron chi connectivity index (χ2n) is 8.68. The van der Waals surface area contributed by atoms with Crippen LogP contribution in [0.2, 0.25) is 0 Å². The molecule has 1 aromatic carbocycles. The number of thiocarbonyl (C=S) groups is 1. The van der Waals surface area contributed by atoms with Crippen LogP contribution in [-0.4, -0.2) is 42.2 Å². The maximum absolute atomic E-state index is 12.5.